The van der Waals surface area contributed by atoms with Crippen LogP contribution in [0.2, 0.25) is 0 Å². The molecule has 6 heteroatoms. The lowest BCUT2D eigenvalue weighted by atomic mass is 10.1. The molecule has 0 spiro atoms. The molecule has 0 fully saturated rings. The summed E-state index contributed by atoms with van der Waals surface area (Å²) in [4.78, 5) is 27.8. The zero-order valence-corrected chi connectivity index (χ0v) is 12.4. The first-order valence-corrected chi connectivity index (χ1v) is 7.10. The van der Waals surface area contributed by atoms with Gasteiger partial charge in [-0.15, -0.1) is 0 Å². The lowest BCUT2D eigenvalue weighted by molar-refractivity contribution is 0.168. The van der Waals surface area contributed by atoms with Crippen molar-refractivity contribution in [3.05, 3.63) is 59.0 Å². The average Bonchev–Trinajstić information content (AvgIpc) is 2.55. The minimum Gasteiger partial charge on any atom is -0.454 e. The fourth-order valence-electron chi connectivity index (χ4n) is 2.23. The van der Waals surface area contributed by atoms with E-state index in [1.54, 1.807) is 37.3 Å². The Morgan fingerprint density at radius 3 is 2.96 bits per heavy atom. The second-order valence-corrected chi connectivity index (χ2v) is 4.74. The van der Waals surface area contributed by atoms with Crippen LogP contribution in [-0.2, 0) is 4.74 Å². The number of carbonyl (C=O) groups is 1. The second kappa shape index (κ2) is 6.31. The predicted octanol–water partition coefficient (Wildman–Crippen LogP) is 3.42. The molecular formula is C17H14N2O4. The van der Waals surface area contributed by atoms with E-state index in [9.17, 15) is 9.59 Å². The van der Waals surface area contributed by atoms with Crippen LogP contribution in [0.4, 0.5) is 10.5 Å². The van der Waals surface area contributed by atoms with Gasteiger partial charge in [0.1, 0.15) is 5.76 Å². The van der Waals surface area contributed by atoms with Crippen molar-refractivity contribution in [3.63, 3.8) is 0 Å². The van der Waals surface area contributed by atoms with Gasteiger partial charge in [-0.25, -0.2) is 4.79 Å². The Bertz CT molecular complexity index is 918. The molecule has 23 heavy (non-hydrogen) atoms. The van der Waals surface area contributed by atoms with Gasteiger partial charge in [0.15, 0.2) is 11.0 Å². The van der Waals surface area contributed by atoms with Crippen molar-refractivity contribution in [2.75, 3.05) is 11.9 Å². The van der Waals surface area contributed by atoms with E-state index in [1.807, 2.05) is 0 Å². The Kier molecular flexibility index (Phi) is 4.05. The van der Waals surface area contributed by atoms with Gasteiger partial charge in [0.05, 0.1) is 23.9 Å². The SMILES string of the molecule is CCOC(=O)Nc1ccccc1-c1cc(=O)c2ccncc2o1. The molecule has 0 saturated carbocycles. The third kappa shape index (κ3) is 3.06. The summed E-state index contributed by atoms with van der Waals surface area (Å²) < 4.78 is 10.6. The van der Waals surface area contributed by atoms with Crippen LogP contribution in [0.3, 0.4) is 0 Å². The zero-order valence-electron chi connectivity index (χ0n) is 12.4. The lowest BCUT2D eigenvalue weighted by Gasteiger charge is -2.10. The summed E-state index contributed by atoms with van der Waals surface area (Å²) in [6, 6.07) is 10.0. The van der Waals surface area contributed by atoms with E-state index < -0.39 is 6.09 Å². The molecule has 3 rings (SSSR count). The van der Waals surface area contributed by atoms with E-state index >= 15 is 0 Å². The minimum atomic E-state index is -0.565. The Morgan fingerprint density at radius 2 is 2.13 bits per heavy atom. The number of hydrogen-bond acceptors (Lipinski definition) is 5. The molecule has 116 valence electrons. The standard InChI is InChI=1S/C17H14N2O4/c1-2-22-17(21)19-13-6-4-3-5-11(13)15-9-14(20)12-7-8-18-10-16(12)23-15/h3-10H,2H2,1H3,(H,19,21). The third-order valence-electron chi connectivity index (χ3n) is 3.24. The molecule has 0 aliphatic carbocycles. The summed E-state index contributed by atoms with van der Waals surface area (Å²) in [7, 11) is 0. The van der Waals surface area contributed by atoms with Crippen LogP contribution in [0.1, 0.15) is 6.92 Å². The van der Waals surface area contributed by atoms with Crippen LogP contribution in [0.25, 0.3) is 22.3 Å². The molecule has 0 aliphatic heterocycles. The fraction of sp³-hybridized carbons (Fsp3) is 0.118. The number of para-hydroxylation sites is 1. The van der Waals surface area contributed by atoms with Gasteiger partial charge in [-0.1, -0.05) is 12.1 Å². The van der Waals surface area contributed by atoms with Crippen LogP contribution in [0.5, 0.6) is 0 Å². The van der Waals surface area contributed by atoms with Gasteiger partial charge in [-0.2, -0.15) is 0 Å². The normalized spacial score (nSPS) is 10.5. The highest BCUT2D eigenvalue weighted by Crippen LogP contribution is 2.28. The van der Waals surface area contributed by atoms with Crippen molar-refractivity contribution >= 4 is 22.7 Å². The third-order valence-corrected chi connectivity index (χ3v) is 3.24. The van der Waals surface area contributed by atoms with Crippen LogP contribution >= 0.6 is 0 Å². The Balaban J connectivity index is 2.08. The van der Waals surface area contributed by atoms with Crippen molar-refractivity contribution in [3.8, 4) is 11.3 Å². The number of benzene rings is 1. The monoisotopic (exact) mass is 310 g/mol. The Hall–Kier alpha value is -3.15. The van der Waals surface area contributed by atoms with Crippen molar-refractivity contribution in [2.24, 2.45) is 0 Å². The number of anilines is 1. The minimum absolute atomic E-state index is 0.172. The van der Waals surface area contributed by atoms with Gasteiger partial charge < -0.3 is 9.15 Å². The van der Waals surface area contributed by atoms with Crippen molar-refractivity contribution in [1.29, 1.82) is 0 Å². The maximum Gasteiger partial charge on any atom is 0.411 e. The number of nitrogens with zero attached hydrogens (tertiary/aromatic N) is 1. The fourth-order valence-corrected chi connectivity index (χ4v) is 2.23. The average molecular weight is 310 g/mol. The number of carbonyl (C=O) groups excluding carboxylic acids is 1. The van der Waals surface area contributed by atoms with Crippen molar-refractivity contribution in [2.45, 2.75) is 6.92 Å². The molecule has 0 radical (unpaired) electrons. The first-order valence-electron chi connectivity index (χ1n) is 7.10. The number of hydrogen-bond donors (Lipinski definition) is 1. The van der Waals surface area contributed by atoms with E-state index in [-0.39, 0.29) is 12.0 Å². The number of pyridine rings is 1. The largest absolute Gasteiger partial charge is 0.454 e. The summed E-state index contributed by atoms with van der Waals surface area (Å²) >= 11 is 0. The van der Waals surface area contributed by atoms with Gasteiger partial charge in [-0.3, -0.25) is 15.1 Å². The number of rotatable bonds is 3. The summed E-state index contributed by atoms with van der Waals surface area (Å²) in [5.41, 5.74) is 1.30. The highest BCUT2D eigenvalue weighted by molar-refractivity contribution is 5.91. The highest BCUT2D eigenvalue weighted by Gasteiger charge is 2.12. The number of amides is 1. The molecular weight excluding hydrogens is 296 g/mol. The van der Waals surface area contributed by atoms with E-state index in [0.717, 1.165) is 0 Å². The summed E-state index contributed by atoms with van der Waals surface area (Å²) in [5, 5.41) is 3.10. The summed E-state index contributed by atoms with van der Waals surface area (Å²) in [6.07, 6.45) is 2.46. The molecule has 3 aromatic rings. The van der Waals surface area contributed by atoms with Gasteiger partial charge in [-0.05, 0) is 25.1 Å². The number of aromatic nitrogens is 1. The zero-order chi connectivity index (χ0) is 16.2. The van der Waals surface area contributed by atoms with Crippen molar-refractivity contribution in [1.82, 2.24) is 4.98 Å². The number of ether oxygens (including phenoxy) is 1. The van der Waals surface area contributed by atoms with E-state index in [0.29, 0.717) is 28.0 Å². The maximum absolute atomic E-state index is 12.2. The van der Waals surface area contributed by atoms with Crippen molar-refractivity contribution < 1.29 is 13.9 Å². The molecule has 0 atom stereocenters. The molecule has 0 aliphatic rings. The number of fused-ring (bicyclic) bond motifs is 1. The molecule has 1 amide bonds. The topological polar surface area (TPSA) is 81.4 Å². The smallest absolute Gasteiger partial charge is 0.411 e. The van der Waals surface area contributed by atoms with Gasteiger partial charge in [0.2, 0.25) is 0 Å². The Labute approximate surface area is 131 Å². The molecule has 2 heterocycles. The van der Waals surface area contributed by atoms with Gasteiger partial charge in [0, 0.05) is 17.8 Å². The van der Waals surface area contributed by atoms with Crippen LogP contribution in [0.15, 0.2) is 58.0 Å². The molecule has 2 aromatic heterocycles. The summed E-state index contributed by atoms with van der Waals surface area (Å²) in [5.74, 6) is 0.350. The molecule has 0 unspecified atom stereocenters. The lowest BCUT2D eigenvalue weighted by Crippen LogP contribution is -2.14. The Morgan fingerprint density at radius 1 is 1.30 bits per heavy atom. The van der Waals surface area contributed by atoms with E-state index in [1.165, 1.54) is 18.5 Å². The van der Waals surface area contributed by atoms with Crippen LogP contribution < -0.4 is 10.7 Å². The first kappa shape index (κ1) is 14.8. The summed E-state index contributed by atoms with van der Waals surface area (Å²) in [6.45, 7) is 1.99. The van der Waals surface area contributed by atoms with Gasteiger partial charge in [0.25, 0.3) is 0 Å². The second-order valence-electron chi connectivity index (χ2n) is 4.74. The van der Waals surface area contributed by atoms with Crippen LogP contribution in [0, 0.1) is 0 Å². The quantitative estimate of drug-likeness (QED) is 0.801. The molecule has 1 aromatic carbocycles. The maximum atomic E-state index is 12.2. The highest BCUT2D eigenvalue weighted by atomic mass is 16.5. The number of nitrogens with one attached hydrogen (secondary N) is 1. The first-order chi connectivity index (χ1) is 11.2. The van der Waals surface area contributed by atoms with E-state index in [2.05, 4.69) is 10.3 Å². The van der Waals surface area contributed by atoms with Gasteiger partial charge >= 0.3 is 6.09 Å². The van der Waals surface area contributed by atoms with E-state index in [4.69, 9.17) is 9.15 Å². The molecule has 1 N–H and O–H groups in total. The molecule has 0 saturated heterocycles. The van der Waals surface area contributed by atoms with Crippen LogP contribution in [-0.4, -0.2) is 17.7 Å². The molecule has 6 nitrogen and oxygen atoms in total. The predicted molar refractivity (Wildman–Crippen MR) is 86.4 cm³/mol. The molecule has 0 bridgehead atoms.